The van der Waals surface area contributed by atoms with Crippen molar-refractivity contribution in [2.75, 3.05) is 0 Å². The minimum Gasteiger partial charge on any atom is -0.274 e. The Morgan fingerprint density at radius 3 is 2.67 bits per heavy atom. The smallest absolute Gasteiger partial charge is 0.270 e. The number of nitrogens with zero attached hydrogens (tertiary/aromatic N) is 1. The van der Waals surface area contributed by atoms with Crippen LogP contribution in [0.4, 0.5) is 0 Å². The van der Waals surface area contributed by atoms with Gasteiger partial charge in [0.2, 0.25) is 0 Å². The summed E-state index contributed by atoms with van der Waals surface area (Å²) in [5.41, 5.74) is 1.21. The summed E-state index contributed by atoms with van der Waals surface area (Å²) in [6.07, 6.45) is 0. The quantitative estimate of drug-likeness (QED) is 0.660. The Bertz CT molecular complexity index is 296. The molecule has 0 spiro atoms. The van der Waals surface area contributed by atoms with Gasteiger partial charge in [0.25, 0.3) is 5.24 Å². The van der Waals surface area contributed by atoms with Gasteiger partial charge in [0.05, 0.1) is 0 Å². The van der Waals surface area contributed by atoms with Crippen molar-refractivity contribution in [3.05, 3.63) is 29.6 Å². The summed E-state index contributed by atoms with van der Waals surface area (Å²) in [5, 5.41) is -0.502. The van der Waals surface area contributed by atoms with Gasteiger partial charge >= 0.3 is 0 Å². The molecule has 0 fully saturated rings. The van der Waals surface area contributed by atoms with E-state index in [1.807, 2.05) is 19.9 Å². The van der Waals surface area contributed by atoms with Crippen LogP contribution in [0.2, 0.25) is 0 Å². The Labute approximate surface area is 76.6 Å². The van der Waals surface area contributed by atoms with Gasteiger partial charge < -0.3 is 0 Å². The molecular weight excluding hydrogens is 174 g/mol. The van der Waals surface area contributed by atoms with Crippen LogP contribution in [-0.4, -0.2) is 10.2 Å². The van der Waals surface area contributed by atoms with Crippen LogP contribution in [0.15, 0.2) is 18.2 Å². The lowest BCUT2D eigenvalue weighted by Gasteiger charge is -2.03. The van der Waals surface area contributed by atoms with E-state index < -0.39 is 5.24 Å². The molecule has 0 aliphatic rings. The van der Waals surface area contributed by atoms with E-state index in [9.17, 15) is 4.79 Å². The Morgan fingerprint density at radius 2 is 2.17 bits per heavy atom. The van der Waals surface area contributed by atoms with Crippen LogP contribution < -0.4 is 0 Å². The fourth-order valence-electron chi connectivity index (χ4n) is 0.882. The molecule has 1 heterocycles. The molecule has 0 bridgehead atoms. The second kappa shape index (κ2) is 3.68. The number of halogens is 1. The van der Waals surface area contributed by atoms with Gasteiger partial charge in [-0.2, -0.15) is 0 Å². The summed E-state index contributed by atoms with van der Waals surface area (Å²) in [7, 11) is 0. The number of aromatic nitrogens is 1. The maximum atomic E-state index is 10.7. The molecule has 2 nitrogen and oxygen atoms in total. The van der Waals surface area contributed by atoms with Gasteiger partial charge in [-0.05, 0) is 29.7 Å². The maximum Gasteiger partial charge on any atom is 0.270 e. The van der Waals surface area contributed by atoms with Crippen molar-refractivity contribution in [2.24, 2.45) is 0 Å². The third-order valence-corrected chi connectivity index (χ3v) is 1.76. The van der Waals surface area contributed by atoms with E-state index in [4.69, 9.17) is 11.6 Å². The Hall–Kier alpha value is -0.890. The van der Waals surface area contributed by atoms with Gasteiger partial charge in [0.15, 0.2) is 0 Å². The molecule has 1 rings (SSSR count). The van der Waals surface area contributed by atoms with Crippen molar-refractivity contribution in [1.82, 2.24) is 4.98 Å². The maximum absolute atomic E-state index is 10.7. The number of carbonyl (C=O) groups is 1. The van der Waals surface area contributed by atoms with Crippen LogP contribution in [0.25, 0.3) is 0 Å². The predicted molar refractivity (Wildman–Crippen MR) is 48.5 cm³/mol. The van der Waals surface area contributed by atoms with E-state index in [0.29, 0.717) is 11.6 Å². The number of hydrogen-bond acceptors (Lipinski definition) is 2. The number of hydrogen-bond donors (Lipinski definition) is 0. The summed E-state index contributed by atoms with van der Waals surface area (Å²) in [4.78, 5) is 14.8. The molecule has 64 valence electrons. The van der Waals surface area contributed by atoms with Crippen molar-refractivity contribution in [2.45, 2.75) is 19.8 Å². The van der Waals surface area contributed by atoms with Crippen molar-refractivity contribution in [3.63, 3.8) is 0 Å². The Balaban J connectivity index is 3.04. The molecule has 0 aliphatic heterocycles. The van der Waals surface area contributed by atoms with Crippen molar-refractivity contribution in [1.29, 1.82) is 0 Å². The zero-order valence-electron chi connectivity index (χ0n) is 7.04. The van der Waals surface area contributed by atoms with Gasteiger partial charge in [0.1, 0.15) is 5.69 Å². The first-order valence-corrected chi connectivity index (χ1v) is 4.16. The number of carbonyl (C=O) groups excluding carboxylic acids is 1. The first kappa shape index (κ1) is 9.20. The van der Waals surface area contributed by atoms with Gasteiger partial charge in [-0.15, -0.1) is 0 Å². The molecule has 0 saturated heterocycles. The molecule has 0 N–H and O–H groups in total. The van der Waals surface area contributed by atoms with Crippen LogP contribution >= 0.6 is 11.6 Å². The molecule has 1 aromatic heterocycles. The molecule has 0 aromatic carbocycles. The van der Waals surface area contributed by atoms with Gasteiger partial charge in [-0.3, -0.25) is 4.79 Å². The van der Waals surface area contributed by atoms with Gasteiger partial charge in [-0.25, -0.2) is 4.98 Å². The van der Waals surface area contributed by atoms with Crippen molar-refractivity contribution < 1.29 is 4.79 Å². The number of pyridine rings is 1. The first-order chi connectivity index (χ1) is 5.61. The van der Waals surface area contributed by atoms with Crippen LogP contribution in [0.5, 0.6) is 0 Å². The summed E-state index contributed by atoms with van der Waals surface area (Å²) in [6.45, 7) is 4.04. The van der Waals surface area contributed by atoms with Crippen LogP contribution in [0, 0.1) is 0 Å². The second-order valence-electron chi connectivity index (χ2n) is 2.88. The fraction of sp³-hybridized carbons (Fsp3) is 0.333. The molecular formula is C9H10ClNO. The predicted octanol–water partition coefficient (Wildman–Crippen LogP) is 2.58. The molecule has 0 saturated carbocycles. The monoisotopic (exact) mass is 183 g/mol. The third-order valence-electron chi connectivity index (χ3n) is 1.56. The summed E-state index contributed by atoms with van der Waals surface area (Å²) >= 11 is 5.28. The SMILES string of the molecule is CC(C)c1cccc(C(=O)Cl)n1. The minimum atomic E-state index is -0.502. The highest BCUT2D eigenvalue weighted by atomic mass is 35.5. The molecule has 12 heavy (non-hydrogen) atoms. The van der Waals surface area contributed by atoms with E-state index >= 15 is 0 Å². The highest BCUT2D eigenvalue weighted by molar-refractivity contribution is 6.67. The molecule has 0 aliphatic carbocycles. The second-order valence-corrected chi connectivity index (χ2v) is 3.22. The summed E-state index contributed by atoms with van der Waals surface area (Å²) < 4.78 is 0. The average molecular weight is 184 g/mol. The molecule has 3 heteroatoms. The molecule has 0 radical (unpaired) electrons. The van der Waals surface area contributed by atoms with Crippen LogP contribution in [-0.2, 0) is 0 Å². The fourth-order valence-corrected chi connectivity index (χ4v) is 0.988. The van der Waals surface area contributed by atoms with E-state index in [1.54, 1.807) is 12.1 Å². The highest BCUT2D eigenvalue weighted by Crippen LogP contribution is 2.12. The zero-order chi connectivity index (χ0) is 9.14. The molecule has 0 unspecified atom stereocenters. The average Bonchev–Trinajstić information content (AvgIpc) is 2.04. The Morgan fingerprint density at radius 1 is 1.50 bits per heavy atom. The van der Waals surface area contributed by atoms with E-state index in [0.717, 1.165) is 5.69 Å². The third kappa shape index (κ3) is 2.05. The largest absolute Gasteiger partial charge is 0.274 e. The van der Waals surface area contributed by atoms with Gasteiger partial charge in [0, 0.05) is 5.69 Å². The van der Waals surface area contributed by atoms with E-state index in [1.165, 1.54) is 0 Å². The topological polar surface area (TPSA) is 30.0 Å². The normalized spacial score (nSPS) is 10.3. The molecule has 0 atom stereocenters. The van der Waals surface area contributed by atoms with Crippen LogP contribution in [0.3, 0.4) is 0 Å². The first-order valence-electron chi connectivity index (χ1n) is 3.78. The van der Waals surface area contributed by atoms with Crippen molar-refractivity contribution >= 4 is 16.8 Å². The molecule has 1 aromatic rings. The Kier molecular flexibility index (Phi) is 2.82. The standard InChI is InChI=1S/C9H10ClNO/c1-6(2)7-4-3-5-8(11-7)9(10)12/h3-6H,1-2H3. The van der Waals surface area contributed by atoms with Crippen molar-refractivity contribution in [3.8, 4) is 0 Å². The number of rotatable bonds is 2. The lowest BCUT2D eigenvalue weighted by atomic mass is 10.1. The highest BCUT2D eigenvalue weighted by Gasteiger charge is 2.05. The van der Waals surface area contributed by atoms with Crippen LogP contribution in [0.1, 0.15) is 35.9 Å². The minimum absolute atomic E-state index is 0.320. The summed E-state index contributed by atoms with van der Waals surface area (Å²) in [6, 6.07) is 5.28. The summed E-state index contributed by atoms with van der Waals surface area (Å²) in [5.74, 6) is 0.320. The lowest BCUT2D eigenvalue weighted by Crippen LogP contribution is -1.99. The van der Waals surface area contributed by atoms with Gasteiger partial charge in [-0.1, -0.05) is 19.9 Å². The zero-order valence-corrected chi connectivity index (χ0v) is 7.80. The lowest BCUT2D eigenvalue weighted by molar-refractivity contribution is 0.107. The van der Waals surface area contributed by atoms with E-state index in [2.05, 4.69) is 4.98 Å². The van der Waals surface area contributed by atoms with E-state index in [-0.39, 0.29) is 0 Å². The molecule has 0 amide bonds.